The fourth-order valence-corrected chi connectivity index (χ4v) is 2.61. The first-order valence-electron chi connectivity index (χ1n) is 7.48. The first-order chi connectivity index (χ1) is 10.1. The molecular weight excluding hydrogens is 268 g/mol. The Morgan fingerprint density at radius 3 is 2.95 bits per heavy atom. The zero-order valence-corrected chi connectivity index (χ0v) is 12.7. The van der Waals surface area contributed by atoms with Crippen molar-refractivity contribution in [2.45, 2.75) is 33.3 Å². The van der Waals surface area contributed by atoms with Gasteiger partial charge in [-0.05, 0) is 51.4 Å². The molecule has 2 rings (SSSR count). The smallest absolute Gasteiger partial charge is 0.231 e. The van der Waals surface area contributed by atoms with Gasteiger partial charge in [0.2, 0.25) is 5.91 Å². The molecule has 1 aliphatic heterocycles. The van der Waals surface area contributed by atoms with Crippen molar-refractivity contribution in [2.75, 3.05) is 25.0 Å². The van der Waals surface area contributed by atoms with E-state index in [2.05, 4.69) is 10.6 Å². The minimum Gasteiger partial charge on any atom is -0.494 e. The van der Waals surface area contributed by atoms with Crippen molar-refractivity contribution in [3.63, 3.8) is 0 Å². The Labute approximate surface area is 125 Å². The van der Waals surface area contributed by atoms with Crippen LogP contribution in [0.1, 0.15) is 32.3 Å². The van der Waals surface area contributed by atoms with Crippen molar-refractivity contribution in [1.29, 1.82) is 0 Å². The third-order valence-corrected chi connectivity index (χ3v) is 3.93. The number of anilines is 1. The lowest BCUT2D eigenvalue weighted by Gasteiger charge is -2.32. The van der Waals surface area contributed by atoms with Gasteiger partial charge >= 0.3 is 0 Å². The van der Waals surface area contributed by atoms with E-state index < -0.39 is 0 Å². The van der Waals surface area contributed by atoms with Crippen molar-refractivity contribution in [3.05, 3.63) is 23.8 Å². The molecule has 0 bridgehead atoms. The minimum absolute atomic E-state index is 0.0164. The number of carbonyl (C=O) groups is 1. The Morgan fingerprint density at radius 1 is 1.52 bits per heavy atom. The van der Waals surface area contributed by atoms with Gasteiger partial charge in [-0.3, -0.25) is 4.79 Å². The standard InChI is InChI=1S/C16H24N2O3/c1-3-21-14-6-5-13(9-12(14)10-19)18-15(20)16(2)7-4-8-17-11-16/h5-6,9,17,19H,3-4,7-8,10-11H2,1-2H3,(H,18,20). The zero-order chi connectivity index (χ0) is 15.3. The maximum atomic E-state index is 12.5. The third kappa shape index (κ3) is 3.74. The summed E-state index contributed by atoms with van der Waals surface area (Å²) in [6.07, 6.45) is 1.89. The monoisotopic (exact) mass is 292 g/mol. The summed E-state index contributed by atoms with van der Waals surface area (Å²) in [6.45, 7) is 5.98. The van der Waals surface area contributed by atoms with Crippen LogP contribution in [0.2, 0.25) is 0 Å². The van der Waals surface area contributed by atoms with E-state index in [-0.39, 0.29) is 17.9 Å². The molecule has 1 aliphatic rings. The summed E-state index contributed by atoms with van der Waals surface area (Å²) in [5.41, 5.74) is 0.997. The van der Waals surface area contributed by atoms with E-state index in [1.165, 1.54) is 0 Å². The number of hydrogen-bond acceptors (Lipinski definition) is 4. The number of ether oxygens (including phenoxy) is 1. The number of aliphatic hydroxyl groups is 1. The molecule has 3 N–H and O–H groups in total. The summed E-state index contributed by atoms with van der Waals surface area (Å²) in [5.74, 6) is 0.672. The van der Waals surface area contributed by atoms with E-state index in [0.29, 0.717) is 30.2 Å². The van der Waals surface area contributed by atoms with Gasteiger partial charge in [-0.15, -0.1) is 0 Å². The highest BCUT2D eigenvalue weighted by molar-refractivity contribution is 5.95. The van der Waals surface area contributed by atoms with Crippen molar-refractivity contribution < 1.29 is 14.6 Å². The molecule has 21 heavy (non-hydrogen) atoms. The predicted octanol–water partition coefficient (Wildman–Crippen LogP) is 1.91. The topological polar surface area (TPSA) is 70.6 Å². The van der Waals surface area contributed by atoms with Crippen molar-refractivity contribution >= 4 is 11.6 Å². The van der Waals surface area contributed by atoms with Crippen molar-refractivity contribution in [2.24, 2.45) is 5.41 Å². The number of amides is 1. The van der Waals surface area contributed by atoms with Crippen LogP contribution in [0.4, 0.5) is 5.69 Å². The highest BCUT2D eigenvalue weighted by Gasteiger charge is 2.34. The lowest BCUT2D eigenvalue weighted by molar-refractivity contribution is -0.125. The zero-order valence-electron chi connectivity index (χ0n) is 12.7. The Balaban J connectivity index is 2.10. The molecular formula is C16H24N2O3. The quantitative estimate of drug-likeness (QED) is 0.775. The second-order valence-corrected chi connectivity index (χ2v) is 5.71. The molecule has 1 saturated heterocycles. The van der Waals surface area contributed by atoms with Crippen LogP contribution in [-0.4, -0.2) is 30.7 Å². The van der Waals surface area contributed by atoms with E-state index in [1.807, 2.05) is 19.9 Å². The summed E-state index contributed by atoms with van der Waals surface area (Å²) in [7, 11) is 0. The Kier molecular flexibility index (Phi) is 5.20. The summed E-state index contributed by atoms with van der Waals surface area (Å²) in [4.78, 5) is 12.5. The number of benzene rings is 1. The average Bonchev–Trinajstić information content (AvgIpc) is 2.49. The van der Waals surface area contributed by atoms with E-state index in [0.717, 1.165) is 19.4 Å². The first kappa shape index (κ1) is 15.8. The highest BCUT2D eigenvalue weighted by atomic mass is 16.5. The molecule has 5 heteroatoms. The average molecular weight is 292 g/mol. The van der Waals surface area contributed by atoms with Crippen molar-refractivity contribution in [1.82, 2.24) is 5.32 Å². The SMILES string of the molecule is CCOc1ccc(NC(=O)C2(C)CCCNC2)cc1CO. The fraction of sp³-hybridized carbons (Fsp3) is 0.562. The van der Waals surface area contributed by atoms with Gasteiger partial charge in [0.1, 0.15) is 5.75 Å². The molecule has 0 spiro atoms. The van der Waals surface area contributed by atoms with Gasteiger partial charge in [-0.25, -0.2) is 0 Å². The predicted molar refractivity (Wildman–Crippen MR) is 82.4 cm³/mol. The van der Waals surface area contributed by atoms with Gasteiger partial charge in [0.15, 0.2) is 0 Å². The number of carbonyl (C=O) groups excluding carboxylic acids is 1. The van der Waals surface area contributed by atoms with E-state index >= 15 is 0 Å². The van der Waals surface area contributed by atoms with Gasteiger partial charge in [0.05, 0.1) is 18.6 Å². The Morgan fingerprint density at radius 2 is 2.33 bits per heavy atom. The molecule has 1 aromatic carbocycles. The van der Waals surface area contributed by atoms with E-state index in [1.54, 1.807) is 12.1 Å². The maximum Gasteiger partial charge on any atom is 0.231 e. The number of nitrogens with one attached hydrogen (secondary N) is 2. The number of hydrogen-bond donors (Lipinski definition) is 3. The molecule has 5 nitrogen and oxygen atoms in total. The number of piperidine rings is 1. The van der Waals surface area contributed by atoms with Gasteiger partial charge < -0.3 is 20.5 Å². The molecule has 0 aliphatic carbocycles. The van der Waals surface area contributed by atoms with Crippen LogP contribution in [0.5, 0.6) is 5.75 Å². The molecule has 1 amide bonds. The molecule has 1 heterocycles. The van der Waals surface area contributed by atoms with Gasteiger partial charge in [-0.1, -0.05) is 0 Å². The lowest BCUT2D eigenvalue weighted by Crippen LogP contribution is -2.46. The molecule has 1 fully saturated rings. The van der Waals surface area contributed by atoms with Crippen LogP contribution in [0.3, 0.4) is 0 Å². The second kappa shape index (κ2) is 6.91. The van der Waals surface area contributed by atoms with Gasteiger partial charge in [0.25, 0.3) is 0 Å². The Hall–Kier alpha value is -1.59. The minimum atomic E-state index is -0.379. The summed E-state index contributed by atoms with van der Waals surface area (Å²) < 4.78 is 5.44. The highest BCUT2D eigenvalue weighted by Crippen LogP contribution is 2.29. The molecule has 116 valence electrons. The normalized spacial score (nSPS) is 21.9. The van der Waals surface area contributed by atoms with Crippen LogP contribution in [0, 0.1) is 5.41 Å². The van der Waals surface area contributed by atoms with Crippen molar-refractivity contribution in [3.8, 4) is 5.75 Å². The summed E-state index contributed by atoms with van der Waals surface area (Å²) in [5, 5.41) is 15.6. The van der Waals surface area contributed by atoms with Gasteiger partial charge in [0, 0.05) is 17.8 Å². The molecule has 0 aromatic heterocycles. The first-order valence-corrected chi connectivity index (χ1v) is 7.48. The molecule has 1 aromatic rings. The molecule has 1 atom stereocenters. The summed E-state index contributed by atoms with van der Waals surface area (Å²) >= 11 is 0. The van der Waals surface area contributed by atoms with Crippen LogP contribution < -0.4 is 15.4 Å². The Bertz CT molecular complexity index is 496. The third-order valence-electron chi connectivity index (χ3n) is 3.93. The second-order valence-electron chi connectivity index (χ2n) is 5.71. The van der Waals surface area contributed by atoms with Crippen LogP contribution >= 0.6 is 0 Å². The van der Waals surface area contributed by atoms with Crippen LogP contribution in [0.15, 0.2) is 18.2 Å². The molecule has 1 unspecified atom stereocenters. The molecule has 0 saturated carbocycles. The number of rotatable bonds is 5. The maximum absolute atomic E-state index is 12.5. The number of aliphatic hydroxyl groups excluding tert-OH is 1. The largest absolute Gasteiger partial charge is 0.494 e. The van der Waals surface area contributed by atoms with E-state index in [9.17, 15) is 9.90 Å². The van der Waals surface area contributed by atoms with Gasteiger partial charge in [-0.2, -0.15) is 0 Å². The van der Waals surface area contributed by atoms with E-state index in [4.69, 9.17) is 4.74 Å². The lowest BCUT2D eigenvalue weighted by atomic mass is 9.82. The van der Waals surface area contributed by atoms with Crippen LogP contribution in [-0.2, 0) is 11.4 Å². The fourth-order valence-electron chi connectivity index (χ4n) is 2.61. The molecule has 0 radical (unpaired) electrons. The summed E-state index contributed by atoms with van der Waals surface area (Å²) in [6, 6.07) is 5.36. The van der Waals surface area contributed by atoms with Crippen LogP contribution in [0.25, 0.3) is 0 Å².